The predicted octanol–water partition coefficient (Wildman–Crippen LogP) is 2.55. The van der Waals surface area contributed by atoms with Crippen LogP contribution in [0.25, 0.3) is 11.4 Å². The van der Waals surface area contributed by atoms with Crippen LogP contribution in [0, 0.1) is 0 Å². The second-order valence-corrected chi connectivity index (χ2v) is 5.09. The van der Waals surface area contributed by atoms with Crippen molar-refractivity contribution in [2.75, 3.05) is 6.61 Å². The van der Waals surface area contributed by atoms with Gasteiger partial charge in [0.05, 0.1) is 18.1 Å². The normalized spacial score (nSPS) is 18.6. The number of carboxylic acids is 1. The molecule has 0 spiro atoms. The Labute approximate surface area is 121 Å². The number of hydrogen-bond donors (Lipinski definition) is 1. The summed E-state index contributed by atoms with van der Waals surface area (Å²) >= 11 is 0. The fourth-order valence-corrected chi connectivity index (χ4v) is 2.38. The van der Waals surface area contributed by atoms with Gasteiger partial charge in [-0.3, -0.25) is 0 Å². The van der Waals surface area contributed by atoms with Crippen LogP contribution in [-0.2, 0) is 11.2 Å². The lowest BCUT2D eigenvalue weighted by Crippen LogP contribution is -2.21. The number of rotatable bonds is 4. The van der Waals surface area contributed by atoms with E-state index in [4.69, 9.17) is 14.4 Å². The van der Waals surface area contributed by atoms with E-state index in [1.54, 1.807) is 12.1 Å². The molecular formula is C15H16N2O4. The summed E-state index contributed by atoms with van der Waals surface area (Å²) in [6.07, 6.45) is 4.08. The third-order valence-electron chi connectivity index (χ3n) is 3.53. The number of aromatic carboxylic acids is 1. The van der Waals surface area contributed by atoms with E-state index in [0.29, 0.717) is 18.1 Å². The zero-order valence-electron chi connectivity index (χ0n) is 11.5. The van der Waals surface area contributed by atoms with Gasteiger partial charge in [-0.2, -0.15) is 4.98 Å². The molecule has 1 N–H and O–H groups in total. The first-order valence-corrected chi connectivity index (χ1v) is 7.00. The molecule has 1 atom stereocenters. The van der Waals surface area contributed by atoms with Crippen molar-refractivity contribution >= 4 is 5.97 Å². The van der Waals surface area contributed by atoms with Gasteiger partial charge in [-0.15, -0.1) is 0 Å². The molecule has 3 rings (SSSR count). The Bertz CT molecular complexity index is 615. The molecule has 21 heavy (non-hydrogen) atoms. The van der Waals surface area contributed by atoms with Crippen molar-refractivity contribution in [3.05, 3.63) is 35.7 Å². The van der Waals surface area contributed by atoms with Gasteiger partial charge in [0.2, 0.25) is 11.7 Å². The third kappa shape index (κ3) is 3.28. The van der Waals surface area contributed by atoms with Crippen LogP contribution in [0.4, 0.5) is 0 Å². The van der Waals surface area contributed by atoms with Gasteiger partial charge in [0.1, 0.15) is 0 Å². The average molecular weight is 288 g/mol. The summed E-state index contributed by atoms with van der Waals surface area (Å²) in [5.41, 5.74) is 0.970. The minimum Gasteiger partial charge on any atom is -0.478 e. The summed E-state index contributed by atoms with van der Waals surface area (Å²) in [5.74, 6) is 0.0711. The van der Waals surface area contributed by atoms with E-state index >= 15 is 0 Å². The summed E-state index contributed by atoms with van der Waals surface area (Å²) in [7, 11) is 0. The lowest BCUT2D eigenvalue weighted by Gasteiger charge is -2.20. The Morgan fingerprint density at radius 3 is 2.76 bits per heavy atom. The van der Waals surface area contributed by atoms with Crippen molar-refractivity contribution in [2.45, 2.75) is 31.8 Å². The maximum Gasteiger partial charge on any atom is 0.335 e. The number of nitrogens with zero attached hydrogens (tertiary/aromatic N) is 2. The van der Waals surface area contributed by atoms with Crippen LogP contribution in [0.15, 0.2) is 28.8 Å². The maximum atomic E-state index is 10.8. The van der Waals surface area contributed by atoms with E-state index in [1.165, 1.54) is 18.6 Å². The van der Waals surface area contributed by atoms with Gasteiger partial charge in [-0.25, -0.2) is 4.79 Å². The lowest BCUT2D eigenvalue weighted by atomic mass is 10.1. The van der Waals surface area contributed by atoms with Crippen molar-refractivity contribution in [2.24, 2.45) is 0 Å². The SMILES string of the molecule is O=C(O)c1ccc(-c2noc(CC3CCCCO3)n2)cc1. The van der Waals surface area contributed by atoms with Crippen LogP contribution in [0.1, 0.15) is 35.5 Å². The Kier molecular flexibility index (Phi) is 3.96. The van der Waals surface area contributed by atoms with E-state index in [2.05, 4.69) is 10.1 Å². The number of ether oxygens (including phenoxy) is 1. The Balaban J connectivity index is 1.70. The lowest BCUT2D eigenvalue weighted by molar-refractivity contribution is 0.0124. The highest BCUT2D eigenvalue weighted by Crippen LogP contribution is 2.20. The molecule has 0 bridgehead atoms. The molecule has 6 nitrogen and oxygen atoms in total. The monoisotopic (exact) mass is 288 g/mol. The number of benzene rings is 1. The van der Waals surface area contributed by atoms with Gasteiger partial charge in [0.15, 0.2) is 0 Å². The van der Waals surface area contributed by atoms with Crippen LogP contribution in [0.3, 0.4) is 0 Å². The van der Waals surface area contributed by atoms with Crippen LogP contribution < -0.4 is 0 Å². The first kappa shape index (κ1) is 13.8. The summed E-state index contributed by atoms with van der Waals surface area (Å²) in [4.78, 5) is 15.2. The van der Waals surface area contributed by atoms with Gasteiger partial charge in [0, 0.05) is 12.2 Å². The smallest absolute Gasteiger partial charge is 0.335 e. The molecule has 1 aliphatic heterocycles. The summed E-state index contributed by atoms with van der Waals surface area (Å²) < 4.78 is 10.9. The highest BCUT2D eigenvalue weighted by atomic mass is 16.5. The van der Waals surface area contributed by atoms with Gasteiger partial charge >= 0.3 is 5.97 Å². The molecule has 1 fully saturated rings. The fourth-order valence-electron chi connectivity index (χ4n) is 2.38. The fraction of sp³-hybridized carbons (Fsp3) is 0.400. The van der Waals surface area contributed by atoms with Gasteiger partial charge in [-0.1, -0.05) is 17.3 Å². The molecule has 1 aliphatic rings. The second kappa shape index (κ2) is 6.05. The molecule has 1 saturated heterocycles. The molecule has 2 aromatic rings. The van der Waals surface area contributed by atoms with Crippen molar-refractivity contribution < 1.29 is 19.2 Å². The molecule has 0 saturated carbocycles. The van der Waals surface area contributed by atoms with Gasteiger partial charge < -0.3 is 14.4 Å². The average Bonchev–Trinajstić information content (AvgIpc) is 2.97. The van der Waals surface area contributed by atoms with Gasteiger partial charge in [-0.05, 0) is 31.4 Å². The highest BCUT2D eigenvalue weighted by Gasteiger charge is 2.18. The van der Waals surface area contributed by atoms with Crippen LogP contribution >= 0.6 is 0 Å². The topological polar surface area (TPSA) is 85.5 Å². The number of hydrogen-bond acceptors (Lipinski definition) is 5. The second-order valence-electron chi connectivity index (χ2n) is 5.09. The molecule has 1 aromatic carbocycles. The van der Waals surface area contributed by atoms with E-state index < -0.39 is 5.97 Å². The Morgan fingerprint density at radius 1 is 1.29 bits per heavy atom. The highest BCUT2D eigenvalue weighted by molar-refractivity contribution is 5.88. The predicted molar refractivity (Wildman–Crippen MR) is 74.0 cm³/mol. The number of carbonyl (C=O) groups is 1. The van der Waals surface area contributed by atoms with E-state index in [0.717, 1.165) is 25.0 Å². The third-order valence-corrected chi connectivity index (χ3v) is 3.53. The molecule has 0 amide bonds. The molecule has 110 valence electrons. The van der Waals surface area contributed by atoms with Crippen LogP contribution in [0.5, 0.6) is 0 Å². The molecule has 1 unspecified atom stereocenters. The number of carboxylic acid groups (broad SMARTS) is 1. The van der Waals surface area contributed by atoms with E-state index in [-0.39, 0.29) is 11.7 Å². The van der Waals surface area contributed by atoms with Crippen molar-refractivity contribution in [1.29, 1.82) is 0 Å². The molecule has 0 aliphatic carbocycles. The van der Waals surface area contributed by atoms with Crippen molar-refractivity contribution in [1.82, 2.24) is 10.1 Å². The molecule has 2 heterocycles. The summed E-state index contributed by atoms with van der Waals surface area (Å²) in [6.45, 7) is 0.794. The van der Waals surface area contributed by atoms with E-state index in [1.807, 2.05) is 0 Å². The molecule has 0 radical (unpaired) electrons. The maximum absolute atomic E-state index is 10.8. The molecular weight excluding hydrogens is 272 g/mol. The van der Waals surface area contributed by atoms with Crippen LogP contribution in [0.2, 0.25) is 0 Å². The number of aromatic nitrogens is 2. The molecule has 6 heteroatoms. The van der Waals surface area contributed by atoms with Crippen LogP contribution in [-0.4, -0.2) is 33.9 Å². The Morgan fingerprint density at radius 2 is 2.10 bits per heavy atom. The minimum atomic E-state index is -0.954. The molecule has 1 aromatic heterocycles. The van der Waals surface area contributed by atoms with Gasteiger partial charge in [0.25, 0.3) is 0 Å². The zero-order chi connectivity index (χ0) is 14.7. The standard InChI is InChI=1S/C15H16N2O4/c18-15(19)11-6-4-10(5-7-11)14-16-13(21-17-14)9-12-3-1-2-8-20-12/h4-7,12H,1-3,8-9H2,(H,18,19). The van der Waals surface area contributed by atoms with Crippen molar-refractivity contribution in [3.63, 3.8) is 0 Å². The minimum absolute atomic E-state index is 0.154. The summed E-state index contributed by atoms with van der Waals surface area (Å²) in [6, 6.07) is 6.40. The van der Waals surface area contributed by atoms with Crippen molar-refractivity contribution in [3.8, 4) is 11.4 Å². The quantitative estimate of drug-likeness (QED) is 0.930. The summed E-state index contributed by atoms with van der Waals surface area (Å²) in [5, 5.41) is 12.8. The van der Waals surface area contributed by atoms with E-state index in [9.17, 15) is 4.79 Å². The first-order chi connectivity index (χ1) is 10.2. The Hall–Kier alpha value is -2.21. The largest absolute Gasteiger partial charge is 0.478 e. The first-order valence-electron chi connectivity index (χ1n) is 7.00. The zero-order valence-corrected chi connectivity index (χ0v) is 11.5.